The second-order valence-corrected chi connectivity index (χ2v) is 13.0. The zero-order valence-corrected chi connectivity index (χ0v) is 27.3. The van der Waals surface area contributed by atoms with E-state index in [1.165, 1.54) is 0 Å². The predicted octanol–water partition coefficient (Wildman–Crippen LogP) is 2.82. The number of amides is 1. The Labute approximate surface area is 277 Å². The number of methoxy groups -OCH3 is 1. The average molecular weight is 670 g/mol. The fourth-order valence-electron chi connectivity index (χ4n) is 6.32. The van der Waals surface area contributed by atoms with E-state index in [2.05, 4.69) is 4.98 Å². The van der Waals surface area contributed by atoms with E-state index in [0.717, 1.165) is 22.9 Å². The Balaban J connectivity index is 1.38. The molecule has 2 aliphatic heterocycles. The maximum Gasteiger partial charge on any atom is 0.274 e. The summed E-state index contributed by atoms with van der Waals surface area (Å²) in [4.78, 5) is 21.2. The molecule has 0 radical (unpaired) electrons. The number of rotatable bonds is 10. The van der Waals surface area contributed by atoms with Gasteiger partial charge in [0, 0.05) is 52.8 Å². The minimum Gasteiger partial charge on any atom is -0.493 e. The highest BCUT2D eigenvalue weighted by Crippen LogP contribution is 2.48. The van der Waals surface area contributed by atoms with Gasteiger partial charge in [0.05, 0.1) is 19.4 Å². The molecule has 4 aromatic rings. The van der Waals surface area contributed by atoms with Gasteiger partial charge in [-0.25, -0.2) is 0 Å². The number of nitrogens with zero attached hydrogens (tertiary/aromatic N) is 2. The summed E-state index contributed by atoms with van der Waals surface area (Å²) in [6.07, 6.45) is -7.28. The number of anilines is 1. The third-order valence-electron chi connectivity index (χ3n) is 8.89. The highest BCUT2D eigenvalue weighted by molar-refractivity contribution is 6.22. The molecule has 1 amide bonds. The summed E-state index contributed by atoms with van der Waals surface area (Å²) in [5, 5.41) is 42.9. The van der Waals surface area contributed by atoms with Crippen LogP contribution >= 0.6 is 11.6 Å². The summed E-state index contributed by atoms with van der Waals surface area (Å²) in [5.74, 6) is 0.906. The van der Waals surface area contributed by atoms with Crippen LogP contribution in [0.1, 0.15) is 28.9 Å². The van der Waals surface area contributed by atoms with E-state index in [0.29, 0.717) is 46.9 Å². The Bertz CT molecular complexity index is 1760. The van der Waals surface area contributed by atoms with Gasteiger partial charge >= 0.3 is 0 Å². The van der Waals surface area contributed by atoms with E-state index < -0.39 is 37.3 Å². The second kappa shape index (κ2) is 13.5. The normalized spacial score (nSPS) is 24.9. The number of aromatic amines is 1. The van der Waals surface area contributed by atoms with Crippen molar-refractivity contribution >= 4 is 44.9 Å². The molecule has 5 N–H and O–H groups in total. The molecule has 0 bridgehead atoms. The largest absolute Gasteiger partial charge is 0.493 e. The van der Waals surface area contributed by atoms with Crippen LogP contribution in [0, 0.1) is 0 Å². The van der Waals surface area contributed by atoms with Gasteiger partial charge in [-0.2, -0.15) is 0 Å². The second-order valence-electron chi connectivity index (χ2n) is 12.3. The SMILES string of the molecule is COc1cc2[nH]c(C(=O)N3C[C@@H]([C@@H](C)Cl)c4c3cc(O[C@@H]3O[C@H](CO)[C@H](O)[C@H](O)[C@H]3O)c3ccccc43)cc2cc1OCCN(C)C. The number of carbonyl (C=O) groups excluding carboxylic acids is 1. The average Bonchev–Trinajstić information content (AvgIpc) is 3.66. The van der Waals surface area contributed by atoms with Gasteiger partial charge in [0.2, 0.25) is 6.29 Å². The summed E-state index contributed by atoms with van der Waals surface area (Å²) in [5.41, 5.74) is 2.52. The maximum atomic E-state index is 14.3. The molecule has 12 nitrogen and oxygen atoms in total. The summed E-state index contributed by atoms with van der Waals surface area (Å²) in [7, 11) is 5.50. The van der Waals surface area contributed by atoms with Gasteiger partial charge < -0.3 is 54.2 Å². The molecule has 3 heterocycles. The Kier molecular flexibility index (Phi) is 9.54. The van der Waals surface area contributed by atoms with Crippen LogP contribution in [0.4, 0.5) is 5.69 Å². The van der Waals surface area contributed by atoms with Crippen LogP contribution in [0.3, 0.4) is 0 Å². The van der Waals surface area contributed by atoms with E-state index in [1.807, 2.05) is 56.3 Å². The van der Waals surface area contributed by atoms with E-state index in [-0.39, 0.29) is 23.0 Å². The standard InChI is InChI=1S/C34H40ClN3O9/c1-17(35)21-15-38(33(43)23-11-18-12-27(45-10-9-37(2)3)26(44-4)13-22(18)36-23)24-14-25(19-7-5-6-8-20(19)29(21)24)46-34-32(42)31(41)30(40)28(16-39)47-34/h5-8,11-14,17,21,28,30-32,34,36,39-42H,9-10,15-16H2,1-4H3/t17-,21+,28-,30+,31+,32-,34-/m1/s1. The van der Waals surface area contributed by atoms with Gasteiger partial charge in [-0.1, -0.05) is 24.3 Å². The molecule has 0 aliphatic carbocycles. The Morgan fingerprint density at radius 3 is 2.49 bits per heavy atom. The number of halogens is 1. The number of aliphatic hydroxyl groups excluding tert-OH is 4. The van der Waals surface area contributed by atoms with Crippen LogP contribution in [0.2, 0.25) is 0 Å². The monoisotopic (exact) mass is 669 g/mol. The van der Waals surface area contributed by atoms with Gasteiger partial charge in [-0.05, 0) is 44.1 Å². The number of H-pyrrole nitrogens is 1. The minimum atomic E-state index is -1.61. The van der Waals surface area contributed by atoms with Crippen molar-refractivity contribution in [2.45, 2.75) is 48.9 Å². The Hall–Kier alpha value is -3.62. The first-order chi connectivity index (χ1) is 22.5. The molecule has 7 atom stereocenters. The molecule has 6 rings (SSSR count). The predicted molar refractivity (Wildman–Crippen MR) is 177 cm³/mol. The van der Waals surface area contributed by atoms with Gasteiger partial charge in [-0.15, -0.1) is 11.6 Å². The molecule has 0 saturated carbocycles. The molecule has 252 valence electrons. The molecule has 0 unspecified atom stereocenters. The number of ether oxygens (including phenoxy) is 4. The summed E-state index contributed by atoms with van der Waals surface area (Å²) in [6, 6.07) is 14.6. The first-order valence-electron chi connectivity index (χ1n) is 15.5. The molecule has 13 heteroatoms. The van der Waals surface area contributed by atoms with Crippen LogP contribution < -0.4 is 19.1 Å². The van der Waals surface area contributed by atoms with Crippen molar-refractivity contribution in [3.8, 4) is 17.2 Å². The van der Waals surface area contributed by atoms with Crippen LogP contribution in [0.15, 0.2) is 48.5 Å². The van der Waals surface area contributed by atoms with Gasteiger partial charge in [0.1, 0.15) is 42.5 Å². The maximum absolute atomic E-state index is 14.3. The van der Waals surface area contributed by atoms with Crippen LogP contribution in [-0.4, -0.2) is 120 Å². The van der Waals surface area contributed by atoms with E-state index in [4.69, 9.17) is 30.5 Å². The summed E-state index contributed by atoms with van der Waals surface area (Å²) in [6.45, 7) is 2.81. The molecule has 2 aliphatic rings. The topological polar surface area (TPSA) is 157 Å². The number of aromatic nitrogens is 1. The number of hydrogen-bond acceptors (Lipinski definition) is 10. The molecule has 1 fully saturated rings. The first kappa shape index (κ1) is 33.3. The molecule has 0 spiro atoms. The third-order valence-corrected chi connectivity index (χ3v) is 9.19. The van der Waals surface area contributed by atoms with Crippen molar-refractivity contribution in [1.82, 2.24) is 9.88 Å². The fraction of sp³-hybridized carbons (Fsp3) is 0.441. The molecule has 47 heavy (non-hydrogen) atoms. The zero-order valence-electron chi connectivity index (χ0n) is 26.6. The Morgan fingerprint density at radius 2 is 1.81 bits per heavy atom. The van der Waals surface area contributed by atoms with Crippen molar-refractivity contribution < 1.29 is 44.2 Å². The lowest BCUT2D eigenvalue weighted by Crippen LogP contribution is -2.60. The lowest BCUT2D eigenvalue weighted by atomic mass is 9.92. The highest BCUT2D eigenvalue weighted by atomic mass is 35.5. The molecule has 3 aromatic carbocycles. The molecular formula is C34H40ClN3O9. The number of fused-ring (bicyclic) bond motifs is 4. The van der Waals surface area contributed by atoms with Crippen molar-refractivity contribution in [3.05, 3.63) is 59.8 Å². The number of aliphatic hydroxyl groups is 4. The van der Waals surface area contributed by atoms with Crippen LogP contribution in [0.25, 0.3) is 21.7 Å². The summed E-state index contributed by atoms with van der Waals surface area (Å²) >= 11 is 6.74. The number of benzene rings is 3. The van der Waals surface area contributed by atoms with E-state index in [1.54, 1.807) is 30.2 Å². The van der Waals surface area contributed by atoms with Gasteiger partial charge in [-0.3, -0.25) is 4.79 Å². The van der Waals surface area contributed by atoms with Gasteiger partial charge in [0.15, 0.2) is 11.5 Å². The molecule has 1 aromatic heterocycles. The number of hydrogen-bond donors (Lipinski definition) is 5. The lowest BCUT2D eigenvalue weighted by molar-refractivity contribution is -0.277. The van der Waals surface area contributed by atoms with Crippen molar-refractivity contribution in [2.75, 3.05) is 52.4 Å². The third kappa shape index (κ3) is 6.22. The van der Waals surface area contributed by atoms with Crippen LogP contribution in [0.5, 0.6) is 17.2 Å². The molecular weight excluding hydrogens is 630 g/mol. The fourth-order valence-corrected chi connectivity index (χ4v) is 6.52. The number of alkyl halides is 1. The van der Waals surface area contributed by atoms with Crippen molar-refractivity contribution in [1.29, 1.82) is 0 Å². The van der Waals surface area contributed by atoms with Crippen molar-refractivity contribution in [3.63, 3.8) is 0 Å². The minimum absolute atomic E-state index is 0.206. The number of nitrogens with one attached hydrogen (secondary N) is 1. The first-order valence-corrected chi connectivity index (χ1v) is 15.9. The van der Waals surface area contributed by atoms with Crippen LogP contribution in [-0.2, 0) is 4.74 Å². The smallest absolute Gasteiger partial charge is 0.274 e. The number of carbonyl (C=O) groups is 1. The molecule has 1 saturated heterocycles. The number of likely N-dealkylation sites (N-methyl/N-ethyl adjacent to an activating group) is 1. The van der Waals surface area contributed by atoms with E-state index >= 15 is 0 Å². The zero-order chi connectivity index (χ0) is 33.6. The quantitative estimate of drug-likeness (QED) is 0.159. The lowest BCUT2D eigenvalue weighted by Gasteiger charge is -2.39. The highest BCUT2D eigenvalue weighted by Gasteiger charge is 2.45. The van der Waals surface area contributed by atoms with Gasteiger partial charge in [0.25, 0.3) is 5.91 Å². The Morgan fingerprint density at radius 1 is 1.06 bits per heavy atom. The summed E-state index contributed by atoms with van der Waals surface area (Å²) < 4.78 is 23.3. The van der Waals surface area contributed by atoms with E-state index in [9.17, 15) is 25.2 Å². The van der Waals surface area contributed by atoms with Crippen molar-refractivity contribution in [2.24, 2.45) is 0 Å².